The van der Waals surface area contributed by atoms with E-state index in [2.05, 4.69) is 10.1 Å². The predicted molar refractivity (Wildman–Crippen MR) is 94.6 cm³/mol. The molecule has 1 N–H and O–H groups in total. The van der Waals surface area contributed by atoms with Crippen molar-refractivity contribution in [3.05, 3.63) is 63.7 Å². The average Bonchev–Trinajstić information content (AvgIpc) is 2.66. The maximum absolute atomic E-state index is 12.5. The molecule has 0 spiro atoms. The molecule has 0 unspecified atom stereocenters. The summed E-state index contributed by atoms with van der Waals surface area (Å²) in [6.45, 7) is 2.44. The minimum Gasteiger partial charge on any atom is -0.491 e. The first kappa shape index (κ1) is 18.9. The first-order chi connectivity index (χ1) is 12.5. The lowest BCUT2D eigenvalue weighted by atomic mass is 10.1. The molecule has 0 heterocycles. The number of benzene rings is 2. The van der Waals surface area contributed by atoms with E-state index < -0.39 is 16.8 Å². The molecule has 0 fully saturated rings. The fraction of sp³-hybridized carbons (Fsp3) is 0.222. The second-order valence-corrected chi connectivity index (χ2v) is 5.32. The molecule has 0 aliphatic carbocycles. The van der Waals surface area contributed by atoms with Crippen LogP contribution in [-0.2, 0) is 4.74 Å². The van der Waals surface area contributed by atoms with Crippen molar-refractivity contribution >= 4 is 23.3 Å². The number of ether oxygens (including phenoxy) is 2. The third-order valence-corrected chi connectivity index (χ3v) is 3.41. The summed E-state index contributed by atoms with van der Waals surface area (Å²) >= 11 is 0. The van der Waals surface area contributed by atoms with Gasteiger partial charge in [0.25, 0.3) is 11.6 Å². The van der Waals surface area contributed by atoms with E-state index in [1.54, 1.807) is 24.3 Å². The molecular formula is C18H18N2O6. The van der Waals surface area contributed by atoms with Crippen LogP contribution in [0, 0.1) is 10.1 Å². The minimum atomic E-state index is -0.769. The molecule has 0 atom stereocenters. The molecule has 26 heavy (non-hydrogen) atoms. The first-order valence-corrected chi connectivity index (χ1v) is 7.87. The Morgan fingerprint density at radius 1 is 1.15 bits per heavy atom. The summed E-state index contributed by atoms with van der Waals surface area (Å²) in [4.78, 5) is 34.6. The van der Waals surface area contributed by atoms with Crippen LogP contribution in [0.5, 0.6) is 5.75 Å². The second-order valence-electron chi connectivity index (χ2n) is 5.32. The number of carbonyl (C=O) groups is 2. The highest BCUT2D eigenvalue weighted by atomic mass is 16.6. The number of nitrogens with zero attached hydrogens (tertiary/aromatic N) is 1. The van der Waals surface area contributed by atoms with Gasteiger partial charge in [-0.3, -0.25) is 14.9 Å². The molecule has 2 aromatic rings. The molecule has 0 aliphatic heterocycles. The summed E-state index contributed by atoms with van der Waals surface area (Å²) in [7, 11) is 1.15. The number of anilines is 1. The van der Waals surface area contributed by atoms with Gasteiger partial charge in [-0.2, -0.15) is 0 Å². The number of hydrogen-bond donors (Lipinski definition) is 1. The number of esters is 1. The van der Waals surface area contributed by atoms with Crippen molar-refractivity contribution in [3.8, 4) is 5.75 Å². The highest BCUT2D eigenvalue weighted by Crippen LogP contribution is 2.25. The fourth-order valence-electron chi connectivity index (χ4n) is 2.19. The van der Waals surface area contributed by atoms with Crippen LogP contribution < -0.4 is 10.1 Å². The highest BCUT2D eigenvalue weighted by molar-refractivity contribution is 6.06. The molecule has 1 amide bonds. The van der Waals surface area contributed by atoms with E-state index in [1.807, 2.05) is 6.92 Å². The number of rotatable bonds is 7. The molecule has 0 radical (unpaired) electrons. The van der Waals surface area contributed by atoms with E-state index in [-0.39, 0.29) is 16.8 Å². The maximum atomic E-state index is 12.5. The second kappa shape index (κ2) is 8.61. The van der Waals surface area contributed by atoms with Crippen molar-refractivity contribution in [1.29, 1.82) is 0 Å². The topological polar surface area (TPSA) is 108 Å². The summed E-state index contributed by atoms with van der Waals surface area (Å²) in [5, 5.41) is 13.7. The van der Waals surface area contributed by atoms with Crippen molar-refractivity contribution in [2.45, 2.75) is 13.3 Å². The van der Waals surface area contributed by atoms with Crippen molar-refractivity contribution in [2.75, 3.05) is 19.0 Å². The number of nitro benzene ring substituents is 1. The molecular weight excluding hydrogens is 340 g/mol. The quantitative estimate of drug-likeness (QED) is 0.461. The van der Waals surface area contributed by atoms with E-state index in [9.17, 15) is 19.7 Å². The molecule has 8 heteroatoms. The summed E-state index contributed by atoms with van der Waals surface area (Å²) in [6, 6.07) is 10.2. The number of nitrogens with one attached hydrogen (secondary N) is 1. The van der Waals surface area contributed by atoms with E-state index in [0.717, 1.165) is 25.7 Å². The first-order valence-electron chi connectivity index (χ1n) is 7.87. The standard InChI is InChI=1S/C18H18N2O6/c1-3-8-26-16-7-5-4-6-15(16)19-17(21)12-9-13(18(22)25-2)11-14(10-12)20(23)24/h4-7,9-11H,3,8H2,1-2H3,(H,19,21). The third kappa shape index (κ3) is 4.56. The van der Waals surface area contributed by atoms with Gasteiger partial charge in [-0.1, -0.05) is 19.1 Å². The maximum Gasteiger partial charge on any atom is 0.338 e. The van der Waals surface area contributed by atoms with Gasteiger partial charge in [-0.25, -0.2) is 4.79 Å². The van der Waals surface area contributed by atoms with Gasteiger partial charge in [-0.15, -0.1) is 0 Å². The lowest BCUT2D eigenvalue weighted by Crippen LogP contribution is -2.15. The van der Waals surface area contributed by atoms with Crippen molar-refractivity contribution in [1.82, 2.24) is 0 Å². The Bertz CT molecular complexity index is 834. The van der Waals surface area contributed by atoms with Gasteiger partial charge in [0.05, 0.1) is 29.9 Å². The molecule has 0 saturated heterocycles. The van der Waals surface area contributed by atoms with Crippen molar-refractivity contribution < 1.29 is 24.0 Å². The van der Waals surface area contributed by atoms with Gasteiger partial charge in [0.1, 0.15) is 5.75 Å². The zero-order valence-electron chi connectivity index (χ0n) is 14.4. The summed E-state index contributed by atoms with van der Waals surface area (Å²) in [6.07, 6.45) is 0.801. The third-order valence-electron chi connectivity index (χ3n) is 3.41. The van der Waals surface area contributed by atoms with Crippen LogP contribution >= 0.6 is 0 Å². The van der Waals surface area contributed by atoms with Gasteiger partial charge in [-0.05, 0) is 24.6 Å². The van der Waals surface area contributed by atoms with Gasteiger partial charge < -0.3 is 14.8 Å². The van der Waals surface area contributed by atoms with E-state index in [4.69, 9.17) is 4.74 Å². The van der Waals surface area contributed by atoms with E-state index in [0.29, 0.717) is 18.0 Å². The number of para-hydroxylation sites is 2. The van der Waals surface area contributed by atoms with Crippen LogP contribution in [-0.4, -0.2) is 30.5 Å². The Hall–Kier alpha value is -3.42. The molecule has 8 nitrogen and oxygen atoms in total. The van der Waals surface area contributed by atoms with Crippen LogP contribution in [0.3, 0.4) is 0 Å². The Morgan fingerprint density at radius 2 is 1.85 bits per heavy atom. The summed E-state index contributed by atoms with van der Waals surface area (Å²) in [5.41, 5.74) is -0.0714. The van der Waals surface area contributed by atoms with Gasteiger partial charge in [0.2, 0.25) is 0 Å². The lowest BCUT2D eigenvalue weighted by molar-refractivity contribution is -0.384. The fourth-order valence-corrected chi connectivity index (χ4v) is 2.19. The molecule has 2 aromatic carbocycles. The van der Waals surface area contributed by atoms with Gasteiger partial charge in [0.15, 0.2) is 0 Å². The molecule has 0 bridgehead atoms. The Labute approximate surface area is 149 Å². The number of nitro groups is 1. The number of carbonyl (C=O) groups excluding carboxylic acids is 2. The smallest absolute Gasteiger partial charge is 0.338 e. The van der Waals surface area contributed by atoms with Crippen LogP contribution in [0.25, 0.3) is 0 Å². The zero-order valence-corrected chi connectivity index (χ0v) is 14.4. The van der Waals surface area contributed by atoms with Gasteiger partial charge >= 0.3 is 5.97 Å². The Morgan fingerprint density at radius 3 is 2.50 bits per heavy atom. The zero-order chi connectivity index (χ0) is 19.1. The molecule has 0 aromatic heterocycles. The van der Waals surface area contributed by atoms with Crippen molar-refractivity contribution in [3.63, 3.8) is 0 Å². The SMILES string of the molecule is CCCOc1ccccc1NC(=O)c1cc(C(=O)OC)cc([N+](=O)[O-])c1. The minimum absolute atomic E-state index is 0.0371. The van der Waals surface area contributed by atoms with E-state index >= 15 is 0 Å². The Balaban J connectivity index is 2.34. The number of non-ortho nitro benzene ring substituents is 1. The number of amides is 1. The summed E-state index contributed by atoms with van der Waals surface area (Å²) in [5.74, 6) is -0.887. The monoisotopic (exact) mass is 358 g/mol. The molecule has 2 rings (SSSR count). The number of hydrogen-bond acceptors (Lipinski definition) is 6. The Kier molecular flexibility index (Phi) is 6.26. The predicted octanol–water partition coefficient (Wildman–Crippen LogP) is 3.42. The average molecular weight is 358 g/mol. The summed E-state index contributed by atoms with van der Waals surface area (Å²) < 4.78 is 10.1. The molecule has 0 aliphatic rings. The van der Waals surface area contributed by atoms with Crippen LogP contribution in [0.1, 0.15) is 34.1 Å². The van der Waals surface area contributed by atoms with Crippen LogP contribution in [0.15, 0.2) is 42.5 Å². The van der Waals surface area contributed by atoms with Gasteiger partial charge in [0, 0.05) is 17.7 Å². The van der Waals surface area contributed by atoms with Crippen molar-refractivity contribution in [2.24, 2.45) is 0 Å². The largest absolute Gasteiger partial charge is 0.491 e. The number of methoxy groups -OCH3 is 1. The lowest BCUT2D eigenvalue weighted by Gasteiger charge is -2.12. The highest BCUT2D eigenvalue weighted by Gasteiger charge is 2.19. The van der Waals surface area contributed by atoms with Crippen LogP contribution in [0.4, 0.5) is 11.4 Å². The normalized spacial score (nSPS) is 10.1. The molecule has 0 saturated carbocycles. The van der Waals surface area contributed by atoms with E-state index in [1.165, 1.54) is 6.07 Å². The van der Waals surface area contributed by atoms with Crippen LogP contribution in [0.2, 0.25) is 0 Å². The molecule has 136 valence electrons.